The topological polar surface area (TPSA) is 49.8 Å². The van der Waals surface area contributed by atoms with Crippen LogP contribution in [0, 0.1) is 5.92 Å². The van der Waals surface area contributed by atoms with Crippen LogP contribution in [-0.2, 0) is 9.53 Å². The first-order valence-corrected chi connectivity index (χ1v) is 6.10. The highest BCUT2D eigenvalue weighted by atomic mass is 16.5. The van der Waals surface area contributed by atoms with Crippen LogP contribution in [0.2, 0.25) is 0 Å². The number of nitrogens with zero attached hydrogens (tertiary/aromatic N) is 1. The van der Waals surface area contributed by atoms with Crippen LogP contribution in [0.15, 0.2) is 0 Å². The first-order chi connectivity index (χ1) is 7.65. The summed E-state index contributed by atoms with van der Waals surface area (Å²) in [5.74, 6) is 0.352. The monoisotopic (exact) mass is 229 g/mol. The van der Waals surface area contributed by atoms with Crippen molar-refractivity contribution >= 4 is 5.78 Å². The van der Waals surface area contributed by atoms with E-state index in [-0.39, 0.29) is 31.5 Å². The average molecular weight is 229 g/mol. The van der Waals surface area contributed by atoms with Crippen molar-refractivity contribution in [3.05, 3.63) is 0 Å². The van der Waals surface area contributed by atoms with Crippen LogP contribution in [0.25, 0.3) is 0 Å². The molecule has 1 fully saturated rings. The summed E-state index contributed by atoms with van der Waals surface area (Å²) in [5.41, 5.74) is 0. The summed E-state index contributed by atoms with van der Waals surface area (Å²) in [5, 5.41) is 8.54. The fourth-order valence-electron chi connectivity index (χ4n) is 2.09. The Hall–Kier alpha value is -0.450. The summed E-state index contributed by atoms with van der Waals surface area (Å²) in [4.78, 5) is 14.1. The van der Waals surface area contributed by atoms with Crippen LogP contribution in [0.5, 0.6) is 0 Å². The van der Waals surface area contributed by atoms with Gasteiger partial charge < -0.3 is 14.7 Å². The molecule has 0 atom stereocenters. The van der Waals surface area contributed by atoms with Crippen LogP contribution in [0.4, 0.5) is 0 Å². The standard InChI is InChI=1S/C12H23NO3/c1-10(2)13-5-3-11(4-6-13)12(15)9-16-8-7-14/h10-11,14H,3-9H2,1-2H3. The van der Waals surface area contributed by atoms with Crippen LogP contribution >= 0.6 is 0 Å². The Balaban J connectivity index is 2.22. The third kappa shape index (κ3) is 4.20. The Labute approximate surface area is 97.6 Å². The second-order valence-corrected chi connectivity index (χ2v) is 4.65. The number of carbonyl (C=O) groups excluding carboxylic acids is 1. The molecule has 94 valence electrons. The maximum atomic E-state index is 11.7. The number of piperidine rings is 1. The molecule has 16 heavy (non-hydrogen) atoms. The van der Waals surface area contributed by atoms with Crippen molar-refractivity contribution in [2.24, 2.45) is 5.92 Å². The van der Waals surface area contributed by atoms with E-state index >= 15 is 0 Å². The van der Waals surface area contributed by atoms with Gasteiger partial charge in [-0.05, 0) is 39.8 Å². The van der Waals surface area contributed by atoms with E-state index in [1.54, 1.807) is 0 Å². The van der Waals surface area contributed by atoms with E-state index < -0.39 is 0 Å². The molecule has 1 rings (SSSR count). The highest BCUT2D eigenvalue weighted by Gasteiger charge is 2.25. The molecule has 0 aromatic carbocycles. The van der Waals surface area contributed by atoms with Crippen molar-refractivity contribution in [1.82, 2.24) is 4.90 Å². The molecule has 1 aliphatic heterocycles. The molecule has 4 nitrogen and oxygen atoms in total. The van der Waals surface area contributed by atoms with Crippen molar-refractivity contribution in [3.8, 4) is 0 Å². The molecule has 1 saturated heterocycles. The highest BCUT2D eigenvalue weighted by Crippen LogP contribution is 2.19. The summed E-state index contributed by atoms with van der Waals surface area (Å²) in [6.45, 7) is 6.80. The van der Waals surface area contributed by atoms with Crippen LogP contribution in [0.1, 0.15) is 26.7 Å². The van der Waals surface area contributed by atoms with Gasteiger partial charge in [-0.25, -0.2) is 0 Å². The Morgan fingerprint density at radius 1 is 1.44 bits per heavy atom. The Bertz CT molecular complexity index is 210. The van der Waals surface area contributed by atoms with Crippen LogP contribution in [-0.4, -0.2) is 54.7 Å². The third-order valence-corrected chi connectivity index (χ3v) is 3.20. The van der Waals surface area contributed by atoms with Crippen LogP contribution < -0.4 is 0 Å². The lowest BCUT2D eigenvalue weighted by molar-refractivity contribution is -0.129. The van der Waals surface area contributed by atoms with Gasteiger partial charge in [0.05, 0.1) is 13.2 Å². The molecule has 0 bridgehead atoms. The van der Waals surface area contributed by atoms with Gasteiger partial charge in [-0.3, -0.25) is 4.79 Å². The Morgan fingerprint density at radius 3 is 2.56 bits per heavy atom. The molecule has 0 unspecified atom stereocenters. The number of hydrogen-bond donors (Lipinski definition) is 1. The molecule has 0 aromatic heterocycles. The summed E-state index contributed by atoms with van der Waals surface area (Å²) in [6, 6.07) is 0.571. The number of rotatable bonds is 6. The van der Waals surface area contributed by atoms with Crippen molar-refractivity contribution in [1.29, 1.82) is 0 Å². The maximum absolute atomic E-state index is 11.7. The van der Waals surface area contributed by atoms with Gasteiger partial charge in [0, 0.05) is 12.0 Å². The van der Waals surface area contributed by atoms with E-state index in [4.69, 9.17) is 9.84 Å². The summed E-state index contributed by atoms with van der Waals surface area (Å²) in [6.07, 6.45) is 1.89. The third-order valence-electron chi connectivity index (χ3n) is 3.20. The summed E-state index contributed by atoms with van der Waals surface area (Å²) in [7, 11) is 0. The molecular formula is C12H23NO3. The van der Waals surface area contributed by atoms with Gasteiger partial charge in [0.1, 0.15) is 6.61 Å². The van der Waals surface area contributed by atoms with Crippen molar-refractivity contribution < 1.29 is 14.6 Å². The second-order valence-electron chi connectivity index (χ2n) is 4.65. The van der Waals surface area contributed by atoms with E-state index in [1.807, 2.05) is 0 Å². The number of ketones is 1. The van der Waals surface area contributed by atoms with Gasteiger partial charge in [-0.2, -0.15) is 0 Å². The number of hydrogen-bond acceptors (Lipinski definition) is 4. The minimum atomic E-state index is -0.0148. The predicted octanol–water partition coefficient (Wildman–Crippen LogP) is 0.685. The van der Waals surface area contributed by atoms with E-state index in [0.29, 0.717) is 6.04 Å². The first-order valence-electron chi connectivity index (χ1n) is 6.10. The number of likely N-dealkylation sites (tertiary alicyclic amines) is 1. The normalized spacial score (nSPS) is 19.2. The zero-order chi connectivity index (χ0) is 12.0. The van der Waals surface area contributed by atoms with E-state index in [1.165, 1.54) is 0 Å². The summed E-state index contributed by atoms with van der Waals surface area (Å²) >= 11 is 0. The molecule has 0 aromatic rings. The van der Waals surface area contributed by atoms with Crippen LogP contribution in [0.3, 0.4) is 0 Å². The van der Waals surface area contributed by atoms with Gasteiger partial charge in [0.2, 0.25) is 0 Å². The molecule has 0 aliphatic carbocycles. The van der Waals surface area contributed by atoms with Crippen molar-refractivity contribution in [2.45, 2.75) is 32.7 Å². The Kier molecular flexibility index (Phi) is 5.95. The van der Waals surface area contributed by atoms with Gasteiger partial charge in [0.25, 0.3) is 0 Å². The lowest BCUT2D eigenvalue weighted by atomic mass is 9.92. The number of aliphatic hydroxyl groups excluding tert-OH is 1. The molecule has 4 heteroatoms. The minimum Gasteiger partial charge on any atom is -0.394 e. The van der Waals surface area contributed by atoms with E-state index in [9.17, 15) is 4.79 Å². The minimum absolute atomic E-state index is 0.0148. The quantitative estimate of drug-likeness (QED) is 0.681. The molecule has 0 saturated carbocycles. The van der Waals surface area contributed by atoms with Gasteiger partial charge in [-0.15, -0.1) is 0 Å². The smallest absolute Gasteiger partial charge is 0.161 e. The zero-order valence-corrected chi connectivity index (χ0v) is 10.3. The molecular weight excluding hydrogens is 206 g/mol. The maximum Gasteiger partial charge on any atom is 0.161 e. The number of Topliss-reactive ketones (excluding diaryl/α,β-unsaturated/α-hetero) is 1. The van der Waals surface area contributed by atoms with Gasteiger partial charge >= 0.3 is 0 Å². The van der Waals surface area contributed by atoms with Crippen molar-refractivity contribution in [2.75, 3.05) is 32.9 Å². The highest BCUT2D eigenvalue weighted by molar-refractivity contribution is 5.82. The summed E-state index contributed by atoms with van der Waals surface area (Å²) < 4.78 is 5.06. The lowest BCUT2D eigenvalue weighted by Crippen LogP contribution is -2.40. The fourth-order valence-corrected chi connectivity index (χ4v) is 2.09. The lowest BCUT2D eigenvalue weighted by Gasteiger charge is -2.33. The second kappa shape index (κ2) is 6.99. The predicted molar refractivity (Wildman–Crippen MR) is 62.3 cm³/mol. The fraction of sp³-hybridized carbons (Fsp3) is 0.917. The van der Waals surface area contributed by atoms with Crippen molar-refractivity contribution in [3.63, 3.8) is 0 Å². The van der Waals surface area contributed by atoms with E-state index in [2.05, 4.69) is 18.7 Å². The molecule has 1 N–H and O–H groups in total. The number of aliphatic hydroxyl groups is 1. The molecule has 0 amide bonds. The zero-order valence-electron chi connectivity index (χ0n) is 10.3. The SMILES string of the molecule is CC(C)N1CCC(C(=O)COCCO)CC1. The largest absolute Gasteiger partial charge is 0.394 e. The Morgan fingerprint density at radius 2 is 2.06 bits per heavy atom. The average Bonchev–Trinajstić information content (AvgIpc) is 2.29. The molecule has 0 radical (unpaired) electrons. The van der Waals surface area contributed by atoms with Gasteiger partial charge in [-0.1, -0.05) is 0 Å². The first kappa shape index (κ1) is 13.6. The molecule has 1 heterocycles. The number of ether oxygens (including phenoxy) is 1. The molecule has 1 aliphatic rings. The van der Waals surface area contributed by atoms with Gasteiger partial charge in [0.15, 0.2) is 5.78 Å². The molecule has 0 spiro atoms. The number of carbonyl (C=O) groups is 1. The van der Waals surface area contributed by atoms with E-state index in [0.717, 1.165) is 25.9 Å².